The van der Waals surface area contributed by atoms with E-state index in [1.54, 1.807) is 12.1 Å². The third kappa shape index (κ3) is 2.27. The molecule has 0 unspecified atom stereocenters. The van der Waals surface area contributed by atoms with Crippen LogP contribution in [0.4, 0.5) is 0 Å². The lowest BCUT2D eigenvalue weighted by molar-refractivity contribution is -0.105. The minimum atomic E-state index is -0.371. The van der Waals surface area contributed by atoms with E-state index in [4.69, 9.17) is 16.3 Å². The number of halogens is 1. The maximum Gasteiger partial charge on any atom is 0.152 e. The maximum atomic E-state index is 11.2. The van der Waals surface area contributed by atoms with E-state index in [1.807, 2.05) is 42.5 Å². The molecule has 2 aromatic carbocycles. The van der Waals surface area contributed by atoms with Gasteiger partial charge in [-0.2, -0.15) is 0 Å². The van der Waals surface area contributed by atoms with E-state index in [-0.39, 0.29) is 6.10 Å². The summed E-state index contributed by atoms with van der Waals surface area (Å²) in [7, 11) is 0. The first-order chi connectivity index (χ1) is 9.28. The molecule has 2 nitrogen and oxygen atoms in total. The van der Waals surface area contributed by atoms with Crippen molar-refractivity contribution in [2.24, 2.45) is 0 Å². The first-order valence-electron chi connectivity index (χ1n) is 5.96. The monoisotopic (exact) mass is 270 g/mol. The fraction of sp³-hybridized carbons (Fsp3) is 0.0625. The number of carbonyl (C=O) groups is 1. The van der Waals surface area contributed by atoms with Gasteiger partial charge in [0.05, 0.1) is 0 Å². The predicted octanol–water partition coefficient (Wildman–Crippen LogP) is 4.06. The summed E-state index contributed by atoms with van der Waals surface area (Å²) in [6.07, 6.45) is 2.34. The number of para-hydroxylation sites is 1. The number of carbonyl (C=O) groups excluding carboxylic acids is 1. The summed E-state index contributed by atoms with van der Waals surface area (Å²) >= 11 is 5.88. The summed E-state index contributed by atoms with van der Waals surface area (Å²) in [6, 6.07) is 15.0. The van der Waals surface area contributed by atoms with Crippen LogP contribution in [0.2, 0.25) is 5.02 Å². The van der Waals surface area contributed by atoms with Crippen molar-refractivity contribution in [1.29, 1.82) is 0 Å². The van der Waals surface area contributed by atoms with Gasteiger partial charge in [-0.05, 0) is 29.8 Å². The number of fused-ring (bicyclic) bond motifs is 1. The maximum absolute atomic E-state index is 11.2. The molecule has 0 saturated carbocycles. The van der Waals surface area contributed by atoms with Crippen LogP contribution in [0.15, 0.2) is 54.1 Å². The van der Waals surface area contributed by atoms with Crippen molar-refractivity contribution in [3.8, 4) is 5.75 Å². The van der Waals surface area contributed by atoms with Crippen LogP contribution >= 0.6 is 11.6 Å². The lowest BCUT2D eigenvalue weighted by Gasteiger charge is -2.25. The van der Waals surface area contributed by atoms with Crippen molar-refractivity contribution in [3.63, 3.8) is 0 Å². The summed E-state index contributed by atoms with van der Waals surface area (Å²) in [5.41, 5.74) is 2.45. The summed E-state index contributed by atoms with van der Waals surface area (Å²) in [5.74, 6) is 0.785. The highest BCUT2D eigenvalue weighted by molar-refractivity contribution is 6.30. The highest BCUT2D eigenvalue weighted by atomic mass is 35.5. The van der Waals surface area contributed by atoms with Crippen molar-refractivity contribution >= 4 is 24.0 Å². The zero-order valence-electron chi connectivity index (χ0n) is 10.0. The zero-order chi connectivity index (χ0) is 13.2. The van der Waals surface area contributed by atoms with E-state index in [1.165, 1.54) is 0 Å². The Morgan fingerprint density at radius 2 is 1.79 bits per heavy atom. The van der Waals surface area contributed by atoms with E-state index in [2.05, 4.69) is 0 Å². The van der Waals surface area contributed by atoms with Gasteiger partial charge in [-0.1, -0.05) is 41.9 Å². The van der Waals surface area contributed by atoms with E-state index < -0.39 is 0 Å². The Labute approximate surface area is 116 Å². The van der Waals surface area contributed by atoms with Crippen molar-refractivity contribution in [2.75, 3.05) is 0 Å². The van der Waals surface area contributed by atoms with Crippen molar-refractivity contribution in [2.45, 2.75) is 6.10 Å². The van der Waals surface area contributed by atoms with E-state index in [9.17, 15) is 4.79 Å². The van der Waals surface area contributed by atoms with Crippen LogP contribution in [0, 0.1) is 0 Å². The normalized spacial score (nSPS) is 17.1. The molecule has 2 aromatic rings. The molecule has 0 N–H and O–H groups in total. The Hall–Kier alpha value is -2.06. The highest BCUT2D eigenvalue weighted by Gasteiger charge is 2.23. The Morgan fingerprint density at radius 1 is 1.05 bits per heavy atom. The van der Waals surface area contributed by atoms with Gasteiger partial charge in [0.1, 0.15) is 12.0 Å². The third-order valence-corrected chi connectivity index (χ3v) is 3.35. The van der Waals surface area contributed by atoms with Crippen LogP contribution in [-0.4, -0.2) is 6.29 Å². The summed E-state index contributed by atoms with van der Waals surface area (Å²) in [5, 5.41) is 0.664. The van der Waals surface area contributed by atoms with E-state index >= 15 is 0 Å². The Kier molecular flexibility index (Phi) is 3.10. The molecule has 0 radical (unpaired) electrons. The highest BCUT2D eigenvalue weighted by Crippen LogP contribution is 2.36. The second-order valence-corrected chi connectivity index (χ2v) is 4.79. The Bertz CT molecular complexity index is 644. The molecular weight excluding hydrogens is 260 g/mol. The van der Waals surface area contributed by atoms with Gasteiger partial charge < -0.3 is 4.74 Å². The molecule has 0 aromatic heterocycles. The molecule has 0 bridgehead atoms. The molecule has 0 spiro atoms. The van der Waals surface area contributed by atoms with Crippen molar-refractivity contribution in [1.82, 2.24) is 0 Å². The number of hydrogen-bond acceptors (Lipinski definition) is 2. The zero-order valence-corrected chi connectivity index (χ0v) is 10.8. The Balaban J connectivity index is 2.04. The molecule has 3 heteroatoms. The quantitative estimate of drug-likeness (QED) is 0.770. The van der Waals surface area contributed by atoms with Gasteiger partial charge in [-0.15, -0.1) is 0 Å². The number of ether oxygens (including phenoxy) is 1. The average molecular weight is 271 g/mol. The average Bonchev–Trinajstić information content (AvgIpc) is 2.46. The van der Waals surface area contributed by atoms with Gasteiger partial charge in [0.25, 0.3) is 0 Å². The minimum Gasteiger partial charge on any atom is -0.480 e. The predicted molar refractivity (Wildman–Crippen MR) is 75.3 cm³/mol. The molecule has 0 amide bonds. The molecule has 19 heavy (non-hydrogen) atoms. The molecule has 1 atom stereocenters. The molecule has 1 aliphatic rings. The van der Waals surface area contributed by atoms with Crippen LogP contribution < -0.4 is 4.74 Å². The van der Waals surface area contributed by atoms with Gasteiger partial charge in [0.15, 0.2) is 6.10 Å². The van der Waals surface area contributed by atoms with Crippen molar-refractivity contribution < 1.29 is 9.53 Å². The lowest BCUT2D eigenvalue weighted by Crippen LogP contribution is -2.15. The topological polar surface area (TPSA) is 26.3 Å². The van der Waals surface area contributed by atoms with Crippen LogP contribution in [0.5, 0.6) is 5.75 Å². The first-order valence-corrected chi connectivity index (χ1v) is 6.33. The SMILES string of the molecule is O=CC1=Cc2ccccc2O[C@@H]1c1ccc(Cl)cc1. The van der Waals surface area contributed by atoms with Crippen LogP contribution in [0.25, 0.3) is 6.08 Å². The van der Waals surface area contributed by atoms with Gasteiger partial charge in [-0.3, -0.25) is 4.79 Å². The number of rotatable bonds is 2. The van der Waals surface area contributed by atoms with Gasteiger partial charge >= 0.3 is 0 Å². The number of hydrogen-bond donors (Lipinski definition) is 0. The molecule has 94 valence electrons. The largest absolute Gasteiger partial charge is 0.480 e. The number of benzene rings is 2. The number of aldehydes is 1. The summed E-state index contributed by atoms with van der Waals surface area (Å²) in [6.45, 7) is 0. The van der Waals surface area contributed by atoms with E-state index in [0.717, 1.165) is 23.2 Å². The molecule has 0 saturated heterocycles. The standard InChI is InChI=1S/C16H11ClO2/c17-14-7-5-11(6-8-14)16-13(10-18)9-12-3-1-2-4-15(12)19-16/h1-10,16H/t16-/m1/s1. The molecule has 1 heterocycles. The summed E-state index contributed by atoms with van der Waals surface area (Å²) in [4.78, 5) is 11.2. The molecule has 1 aliphatic heterocycles. The van der Waals surface area contributed by atoms with Gasteiger partial charge in [-0.25, -0.2) is 0 Å². The fourth-order valence-electron chi connectivity index (χ4n) is 2.15. The fourth-order valence-corrected chi connectivity index (χ4v) is 2.28. The third-order valence-electron chi connectivity index (χ3n) is 3.10. The van der Waals surface area contributed by atoms with Gasteiger partial charge in [0.2, 0.25) is 0 Å². The van der Waals surface area contributed by atoms with E-state index in [0.29, 0.717) is 10.6 Å². The molecule has 3 rings (SSSR count). The minimum absolute atomic E-state index is 0.371. The van der Waals surface area contributed by atoms with Gasteiger partial charge in [0, 0.05) is 16.2 Å². The van der Waals surface area contributed by atoms with Crippen LogP contribution in [0.3, 0.4) is 0 Å². The first kappa shape index (κ1) is 12.0. The second kappa shape index (κ2) is 4.90. The molecular formula is C16H11ClO2. The Morgan fingerprint density at radius 3 is 2.53 bits per heavy atom. The van der Waals surface area contributed by atoms with Crippen LogP contribution in [0.1, 0.15) is 17.2 Å². The van der Waals surface area contributed by atoms with Crippen LogP contribution in [-0.2, 0) is 4.79 Å². The lowest BCUT2D eigenvalue weighted by atomic mass is 9.97. The smallest absolute Gasteiger partial charge is 0.152 e. The molecule has 0 aliphatic carbocycles. The second-order valence-electron chi connectivity index (χ2n) is 4.35. The molecule has 0 fully saturated rings. The summed E-state index contributed by atoms with van der Waals surface area (Å²) < 4.78 is 5.92. The van der Waals surface area contributed by atoms with Crippen molar-refractivity contribution in [3.05, 3.63) is 70.3 Å².